The van der Waals surface area contributed by atoms with Gasteiger partial charge in [0.1, 0.15) is 5.69 Å². The van der Waals surface area contributed by atoms with Crippen LogP contribution in [0.15, 0.2) is 12.1 Å². The third-order valence-electron chi connectivity index (χ3n) is 3.19. The highest BCUT2D eigenvalue weighted by atomic mass is 35.5. The SMILES string of the molecule is Cc1ccc(Cl)c(-n2nnnc2C(C)NCC(C)C)c1Cl. The number of hydrogen-bond donors (Lipinski definition) is 1. The summed E-state index contributed by atoms with van der Waals surface area (Å²) < 4.78 is 1.61. The van der Waals surface area contributed by atoms with Gasteiger partial charge in [0.05, 0.1) is 16.1 Å². The van der Waals surface area contributed by atoms with Crippen molar-refractivity contribution >= 4 is 23.2 Å². The molecule has 21 heavy (non-hydrogen) atoms. The minimum atomic E-state index is -0.00459. The average molecular weight is 328 g/mol. The lowest BCUT2D eigenvalue weighted by atomic mass is 10.2. The summed E-state index contributed by atoms with van der Waals surface area (Å²) in [6.45, 7) is 9.12. The first-order chi connectivity index (χ1) is 9.91. The molecule has 2 aromatic rings. The van der Waals surface area contributed by atoms with Crippen molar-refractivity contribution in [1.29, 1.82) is 0 Å². The molecule has 0 bridgehead atoms. The lowest BCUT2D eigenvalue weighted by molar-refractivity contribution is 0.475. The summed E-state index contributed by atoms with van der Waals surface area (Å²) in [5.74, 6) is 1.23. The zero-order valence-electron chi connectivity index (χ0n) is 12.6. The van der Waals surface area contributed by atoms with Crippen molar-refractivity contribution in [1.82, 2.24) is 25.5 Å². The second-order valence-electron chi connectivity index (χ2n) is 5.50. The minimum Gasteiger partial charge on any atom is -0.307 e. The Morgan fingerprint density at radius 2 is 1.95 bits per heavy atom. The van der Waals surface area contributed by atoms with Crippen molar-refractivity contribution in [3.05, 3.63) is 33.6 Å². The Bertz CT molecular complexity index is 624. The normalized spacial score (nSPS) is 12.9. The molecule has 1 aromatic heterocycles. The smallest absolute Gasteiger partial charge is 0.173 e. The molecule has 2 rings (SSSR count). The van der Waals surface area contributed by atoms with Crippen LogP contribution in [-0.2, 0) is 0 Å². The molecule has 0 radical (unpaired) electrons. The van der Waals surface area contributed by atoms with E-state index in [9.17, 15) is 0 Å². The van der Waals surface area contributed by atoms with Gasteiger partial charge in [-0.05, 0) is 48.4 Å². The summed E-state index contributed by atoms with van der Waals surface area (Å²) in [6, 6.07) is 3.67. The fraction of sp³-hybridized carbons (Fsp3) is 0.500. The van der Waals surface area contributed by atoms with E-state index in [0.717, 1.165) is 12.1 Å². The van der Waals surface area contributed by atoms with Crippen molar-refractivity contribution in [3.8, 4) is 5.69 Å². The largest absolute Gasteiger partial charge is 0.307 e. The number of nitrogens with zero attached hydrogens (tertiary/aromatic N) is 4. The summed E-state index contributed by atoms with van der Waals surface area (Å²) in [5.41, 5.74) is 1.55. The molecular weight excluding hydrogens is 309 g/mol. The summed E-state index contributed by atoms with van der Waals surface area (Å²) >= 11 is 12.6. The molecule has 1 heterocycles. The Hall–Kier alpha value is -1.17. The van der Waals surface area contributed by atoms with Gasteiger partial charge >= 0.3 is 0 Å². The molecule has 0 saturated heterocycles. The van der Waals surface area contributed by atoms with Crippen LogP contribution in [-0.4, -0.2) is 26.8 Å². The predicted molar refractivity (Wildman–Crippen MR) is 85.2 cm³/mol. The van der Waals surface area contributed by atoms with Gasteiger partial charge in [-0.3, -0.25) is 0 Å². The first-order valence-corrected chi connectivity index (χ1v) is 7.64. The van der Waals surface area contributed by atoms with E-state index < -0.39 is 0 Å². The van der Waals surface area contributed by atoms with Crippen molar-refractivity contribution in [3.63, 3.8) is 0 Å². The third-order valence-corrected chi connectivity index (χ3v) is 3.97. The molecule has 5 nitrogen and oxygen atoms in total. The zero-order chi connectivity index (χ0) is 15.6. The number of rotatable bonds is 5. The van der Waals surface area contributed by atoms with Gasteiger partial charge < -0.3 is 5.32 Å². The summed E-state index contributed by atoms with van der Waals surface area (Å²) in [7, 11) is 0. The average Bonchev–Trinajstić information content (AvgIpc) is 2.90. The molecule has 0 fully saturated rings. The number of aromatic nitrogens is 4. The van der Waals surface area contributed by atoms with Crippen molar-refractivity contribution in [2.45, 2.75) is 33.7 Å². The van der Waals surface area contributed by atoms with Crippen LogP contribution in [0.3, 0.4) is 0 Å². The van der Waals surface area contributed by atoms with E-state index in [1.807, 2.05) is 19.9 Å². The molecule has 0 amide bonds. The first-order valence-electron chi connectivity index (χ1n) is 6.88. The van der Waals surface area contributed by atoms with Crippen molar-refractivity contribution in [2.24, 2.45) is 5.92 Å². The maximum Gasteiger partial charge on any atom is 0.173 e. The number of benzene rings is 1. The maximum atomic E-state index is 6.37. The van der Waals surface area contributed by atoms with Crippen LogP contribution >= 0.6 is 23.2 Å². The predicted octanol–water partition coefficient (Wildman–Crippen LogP) is 3.58. The van der Waals surface area contributed by atoms with E-state index in [2.05, 4.69) is 34.7 Å². The van der Waals surface area contributed by atoms with E-state index in [1.54, 1.807) is 10.7 Å². The van der Waals surface area contributed by atoms with E-state index in [-0.39, 0.29) is 6.04 Å². The Morgan fingerprint density at radius 1 is 1.24 bits per heavy atom. The molecular formula is C14H19Cl2N5. The molecule has 114 valence electrons. The number of nitrogens with one attached hydrogen (secondary N) is 1. The van der Waals surface area contributed by atoms with Gasteiger partial charge in [0.15, 0.2) is 5.82 Å². The quantitative estimate of drug-likeness (QED) is 0.911. The molecule has 1 atom stereocenters. The minimum absolute atomic E-state index is 0.00459. The van der Waals surface area contributed by atoms with E-state index in [1.165, 1.54) is 0 Å². The molecule has 7 heteroatoms. The molecule has 1 N–H and O–H groups in total. The van der Waals surface area contributed by atoms with Gasteiger partial charge in [0.25, 0.3) is 0 Å². The molecule has 0 saturated carbocycles. The molecule has 1 aromatic carbocycles. The maximum absolute atomic E-state index is 6.37. The first kappa shape index (κ1) is 16.2. The molecule has 1 unspecified atom stereocenters. The number of hydrogen-bond acceptors (Lipinski definition) is 4. The van der Waals surface area contributed by atoms with Gasteiger partial charge in [-0.2, -0.15) is 4.68 Å². The van der Waals surface area contributed by atoms with Crippen LogP contribution in [0.25, 0.3) is 5.69 Å². The van der Waals surface area contributed by atoms with E-state index in [0.29, 0.717) is 27.5 Å². The van der Waals surface area contributed by atoms with Crippen LogP contribution in [0, 0.1) is 12.8 Å². The van der Waals surface area contributed by atoms with Crippen LogP contribution in [0.1, 0.15) is 38.2 Å². The van der Waals surface area contributed by atoms with Crippen molar-refractivity contribution in [2.75, 3.05) is 6.54 Å². The molecule has 0 aliphatic heterocycles. The van der Waals surface area contributed by atoms with E-state index >= 15 is 0 Å². The number of aryl methyl sites for hydroxylation is 1. The van der Waals surface area contributed by atoms with Gasteiger partial charge in [0.2, 0.25) is 0 Å². The standard InChI is InChI=1S/C14H19Cl2N5/c1-8(2)7-17-10(4)14-18-19-20-21(14)13-11(15)6-5-9(3)12(13)16/h5-6,8,10,17H,7H2,1-4H3. The van der Waals surface area contributed by atoms with Crippen LogP contribution in [0.2, 0.25) is 10.0 Å². The summed E-state index contributed by atoms with van der Waals surface area (Å²) in [4.78, 5) is 0. The fourth-order valence-corrected chi connectivity index (χ4v) is 2.49. The highest BCUT2D eigenvalue weighted by Gasteiger charge is 2.20. The van der Waals surface area contributed by atoms with Crippen LogP contribution < -0.4 is 5.32 Å². The lowest BCUT2D eigenvalue weighted by Gasteiger charge is -2.16. The second-order valence-corrected chi connectivity index (χ2v) is 6.28. The number of tetrazole rings is 1. The van der Waals surface area contributed by atoms with Crippen molar-refractivity contribution < 1.29 is 0 Å². The molecule has 0 spiro atoms. The van der Waals surface area contributed by atoms with Gasteiger partial charge in [0, 0.05) is 0 Å². The molecule has 0 aliphatic carbocycles. The summed E-state index contributed by atoms with van der Waals surface area (Å²) in [5, 5.41) is 16.4. The van der Waals surface area contributed by atoms with Crippen LogP contribution in [0.4, 0.5) is 0 Å². The molecule has 0 aliphatic rings. The number of halogens is 2. The zero-order valence-corrected chi connectivity index (χ0v) is 14.1. The van der Waals surface area contributed by atoms with Gasteiger partial charge in [-0.25, -0.2) is 0 Å². The fourth-order valence-electron chi connectivity index (χ4n) is 1.96. The monoisotopic (exact) mass is 327 g/mol. The Morgan fingerprint density at radius 3 is 2.62 bits per heavy atom. The Balaban J connectivity index is 2.39. The topological polar surface area (TPSA) is 55.6 Å². The highest BCUT2D eigenvalue weighted by Crippen LogP contribution is 2.32. The van der Waals surface area contributed by atoms with Gasteiger partial charge in [-0.15, -0.1) is 5.10 Å². The van der Waals surface area contributed by atoms with E-state index in [4.69, 9.17) is 23.2 Å². The highest BCUT2D eigenvalue weighted by molar-refractivity contribution is 6.38. The second kappa shape index (κ2) is 6.73. The Labute approximate surface area is 134 Å². The van der Waals surface area contributed by atoms with Crippen LogP contribution in [0.5, 0.6) is 0 Å². The van der Waals surface area contributed by atoms with Gasteiger partial charge in [-0.1, -0.05) is 43.1 Å². The summed E-state index contributed by atoms with van der Waals surface area (Å²) in [6.07, 6.45) is 0. The lowest BCUT2D eigenvalue weighted by Crippen LogP contribution is -2.26. The Kier molecular flexibility index (Phi) is 5.19. The third kappa shape index (κ3) is 3.54.